The number of piperidine rings is 1. The summed E-state index contributed by atoms with van der Waals surface area (Å²) in [5, 5.41) is 18.5. The minimum Gasteiger partial charge on any atom is -0.495 e. The molecule has 12 nitrogen and oxygen atoms in total. The third kappa shape index (κ3) is 4.87. The molecule has 0 saturated carbocycles. The summed E-state index contributed by atoms with van der Waals surface area (Å²) >= 11 is 0. The van der Waals surface area contributed by atoms with Gasteiger partial charge in [-0.05, 0) is 44.1 Å². The first-order valence-corrected chi connectivity index (χ1v) is 13.2. The molecular formula is C24H28N6O6S. The van der Waals surface area contributed by atoms with E-state index in [0.717, 1.165) is 31.6 Å². The lowest BCUT2D eigenvalue weighted by Crippen LogP contribution is -2.26. The Hall–Kier alpha value is -3.97. The number of H-pyrrole nitrogens is 1. The van der Waals surface area contributed by atoms with Crippen LogP contribution in [-0.4, -0.2) is 58.2 Å². The Morgan fingerprint density at radius 1 is 1.00 bits per heavy atom. The van der Waals surface area contributed by atoms with Crippen LogP contribution in [0.25, 0.3) is 11.0 Å². The Labute approximate surface area is 213 Å². The van der Waals surface area contributed by atoms with E-state index in [1.165, 1.54) is 33.5 Å². The number of aromatic nitrogens is 3. The zero-order valence-electron chi connectivity index (χ0n) is 20.6. The van der Waals surface area contributed by atoms with Crippen molar-refractivity contribution in [1.82, 2.24) is 20.7 Å². The van der Waals surface area contributed by atoms with E-state index >= 15 is 0 Å². The van der Waals surface area contributed by atoms with E-state index in [1.807, 2.05) is 6.07 Å². The smallest absolute Gasteiger partial charge is 0.270 e. The van der Waals surface area contributed by atoms with Gasteiger partial charge in [0, 0.05) is 23.7 Å². The van der Waals surface area contributed by atoms with Crippen molar-refractivity contribution < 1.29 is 27.2 Å². The summed E-state index contributed by atoms with van der Waals surface area (Å²) in [5.41, 5.74) is 2.02. The molecular weight excluding hydrogens is 500 g/mol. The first kappa shape index (κ1) is 24.7. The molecule has 0 bridgehead atoms. The van der Waals surface area contributed by atoms with Gasteiger partial charge in [0.2, 0.25) is 0 Å². The molecule has 4 aromatic rings. The standard InChI is InChI=1S/C24H28N6O6S/c1-33-18-5-4-6-19(34-2)23(18)37(31,32)30-24-15-11-21(35-3)17(12-20(15)36-29-24)26-22-13-16(27-28-22)14-7-9-25-10-8-14/h4-6,11-14,25H,7-10H2,1-3H3,(H,29,30)(H2,26,27,28). The minimum absolute atomic E-state index is 0.000716. The van der Waals surface area contributed by atoms with E-state index in [1.54, 1.807) is 18.2 Å². The van der Waals surface area contributed by atoms with Crippen LogP contribution in [0.4, 0.5) is 17.3 Å². The third-order valence-electron chi connectivity index (χ3n) is 6.31. The second kappa shape index (κ2) is 10.2. The van der Waals surface area contributed by atoms with E-state index in [2.05, 4.69) is 30.7 Å². The highest BCUT2D eigenvalue weighted by atomic mass is 32.2. The molecule has 0 radical (unpaired) electrons. The van der Waals surface area contributed by atoms with Crippen molar-refractivity contribution in [3.8, 4) is 17.2 Å². The molecule has 1 saturated heterocycles. The summed E-state index contributed by atoms with van der Waals surface area (Å²) in [6.45, 7) is 1.97. The molecule has 1 fully saturated rings. The first-order valence-electron chi connectivity index (χ1n) is 11.7. The SMILES string of the molecule is COc1cc2c(NS(=O)(=O)c3c(OC)cccc3OC)noc2cc1Nc1cc(C2CCNCC2)[nH]n1. The van der Waals surface area contributed by atoms with Crippen molar-refractivity contribution in [2.75, 3.05) is 44.5 Å². The number of nitrogens with one attached hydrogen (secondary N) is 4. The number of hydrogen-bond acceptors (Lipinski definition) is 10. The van der Waals surface area contributed by atoms with Crippen molar-refractivity contribution in [2.24, 2.45) is 0 Å². The number of anilines is 3. The Balaban J connectivity index is 1.43. The average molecular weight is 529 g/mol. The van der Waals surface area contributed by atoms with Gasteiger partial charge in [-0.25, -0.2) is 8.42 Å². The van der Waals surface area contributed by atoms with Crippen LogP contribution in [0.3, 0.4) is 0 Å². The number of nitrogens with zero attached hydrogens (tertiary/aromatic N) is 2. The van der Waals surface area contributed by atoms with Crippen LogP contribution in [0.5, 0.6) is 17.2 Å². The number of methoxy groups -OCH3 is 3. The van der Waals surface area contributed by atoms with Gasteiger partial charge in [-0.15, -0.1) is 0 Å². The monoisotopic (exact) mass is 528 g/mol. The molecule has 0 amide bonds. The van der Waals surface area contributed by atoms with Crippen molar-refractivity contribution in [1.29, 1.82) is 0 Å². The fourth-order valence-electron chi connectivity index (χ4n) is 4.45. The van der Waals surface area contributed by atoms with Crippen LogP contribution < -0.4 is 29.6 Å². The summed E-state index contributed by atoms with van der Waals surface area (Å²) in [4.78, 5) is -0.149. The van der Waals surface area contributed by atoms with Gasteiger partial charge in [0.15, 0.2) is 22.1 Å². The molecule has 196 valence electrons. The second-order valence-corrected chi connectivity index (χ2v) is 10.2. The predicted octanol–water partition coefficient (Wildman–Crippen LogP) is 3.59. The molecule has 5 rings (SSSR count). The quantitative estimate of drug-likeness (QED) is 0.253. The number of benzene rings is 2. The van der Waals surface area contributed by atoms with Crippen molar-refractivity contribution in [2.45, 2.75) is 23.7 Å². The van der Waals surface area contributed by atoms with Crippen LogP contribution in [-0.2, 0) is 10.0 Å². The summed E-state index contributed by atoms with van der Waals surface area (Å²) in [5.74, 6) is 1.78. The first-order chi connectivity index (χ1) is 17.9. The van der Waals surface area contributed by atoms with Crippen molar-refractivity contribution in [3.63, 3.8) is 0 Å². The number of aromatic amines is 1. The van der Waals surface area contributed by atoms with Gasteiger partial charge in [-0.2, -0.15) is 5.10 Å². The van der Waals surface area contributed by atoms with Gasteiger partial charge >= 0.3 is 0 Å². The van der Waals surface area contributed by atoms with Gasteiger partial charge in [0.25, 0.3) is 10.0 Å². The van der Waals surface area contributed by atoms with E-state index in [0.29, 0.717) is 34.1 Å². The zero-order valence-corrected chi connectivity index (χ0v) is 21.4. The maximum Gasteiger partial charge on any atom is 0.270 e. The van der Waals surface area contributed by atoms with E-state index < -0.39 is 10.0 Å². The maximum absolute atomic E-state index is 13.3. The van der Waals surface area contributed by atoms with Gasteiger partial charge in [0.1, 0.15) is 17.2 Å². The Kier molecular flexibility index (Phi) is 6.80. The molecule has 1 aliphatic heterocycles. The second-order valence-electron chi connectivity index (χ2n) is 8.53. The highest BCUT2D eigenvalue weighted by Crippen LogP contribution is 2.38. The topological polar surface area (TPSA) is 153 Å². The number of ether oxygens (including phenoxy) is 3. The summed E-state index contributed by atoms with van der Waals surface area (Å²) in [6, 6.07) is 10.0. The molecule has 0 atom stereocenters. The summed E-state index contributed by atoms with van der Waals surface area (Å²) in [7, 11) is 0.143. The highest BCUT2D eigenvalue weighted by Gasteiger charge is 2.27. The minimum atomic E-state index is -4.14. The normalized spacial score (nSPS) is 14.5. The average Bonchev–Trinajstić information content (AvgIpc) is 3.54. The predicted molar refractivity (Wildman–Crippen MR) is 138 cm³/mol. The maximum atomic E-state index is 13.3. The van der Waals surface area contributed by atoms with Crippen molar-refractivity contribution >= 4 is 38.3 Å². The molecule has 2 aromatic carbocycles. The van der Waals surface area contributed by atoms with Gasteiger partial charge in [-0.1, -0.05) is 11.2 Å². The van der Waals surface area contributed by atoms with Crippen molar-refractivity contribution in [3.05, 3.63) is 42.1 Å². The lowest BCUT2D eigenvalue weighted by atomic mass is 9.95. The number of fused-ring (bicyclic) bond motifs is 1. The summed E-state index contributed by atoms with van der Waals surface area (Å²) in [6.07, 6.45) is 2.10. The highest BCUT2D eigenvalue weighted by molar-refractivity contribution is 7.93. The number of rotatable bonds is 9. The number of sulfonamides is 1. The molecule has 0 aliphatic carbocycles. The Bertz CT molecular complexity index is 1490. The Morgan fingerprint density at radius 2 is 1.70 bits per heavy atom. The lowest BCUT2D eigenvalue weighted by molar-refractivity contribution is 0.373. The lowest BCUT2D eigenvalue weighted by Gasteiger charge is -2.20. The molecule has 13 heteroatoms. The largest absolute Gasteiger partial charge is 0.495 e. The molecule has 1 aliphatic rings. The Morgan fingerprint density at radius 3 is 2.38 bits per heavy atom. The third-order valence-corrected chi connectivity index (χ3v) is 7.72. The van der Waals surface area contributed by atoms with Gasteiger partial charge in [-0.3, -0.25) is 9.82 Å². The molecule has 2 aromatic heterocycles. The zero-order chi connectivity index (χ0) is 26.0. The van der Waals surface area contributed by atoms with Crippen LogP contribution in [0, 0.1) is 0 Å². The van der Waals surface area contributed by atoms with Crippen LogP contribution in [0.15, 0.2) is 45.8 Å². The van der Waals surface area contributed by atoms with Crippen LogP contribution in [0.1, 0.15) is 24.5 Å². The molecule has 37 heavy (non-hydrogen) atoms. The molecule has 3 heterocycles. The van der Waals surface area contributed by atoms with Crippen LogP contribution in [0.2, 0.25) is 0 Å². The van der Waals surface area contributed by atoms with Gasteiger partial charge in [0.05, 0.1) is 32.4 Å². The molecule has 0 unspecified atom stereocenters. The fraction of sp³-hybridized carbons (Fsp3) is 0.333. The summed E-state index contributed by atoms with van der Waals surface area (Å²) < 4.78 is 50.6. The van der Waals surface area contributed by atoms with Crippen LogP contribution >= 0.6 is 0 Å². The van der Waals surface area contributed by atoms with Gasteiger partial charge < -0.3 is 29.4 Å². The molecule has 0 spiro atoms. The fourth-order valence-corrected chi connectivity index (χ4v) is 5.78. The molecule has 4 N–H and O–H groups in total. The van der Waals surface area contributed by atoms with E-state index in [4.69, 9.17) is 18.7 Å². The van der Waals surface area contributed by atoms with E-state index in [9.17, 15) is 8.42 Å². The van der Waals surface area contributed by atoms with E-state index in [-0.39, 0.29) is 22.2 Å². The number of hydrogen-bond donors (Lipinski definition) is 4.